The van der Waals surface area contributed by atoms with Crippen molar-refractivity contribution in [2.24, 2.45) is 0 Å². The molecule has 2 aromatic carbocycles. The van der Waals surface area contributed by atoms with Gasteiger partial charge >= 0.3 is 5.97 Å². The van der Waals surface area contributed by atoms with Crippen LogP contribution in [0.25, 0.3) is 11.0 Å². The summed E-state index contributed by atoms with van der Waals surface area (Å²) in [6.45, 7) is 2.85. The second-order valence-electron chi connectivity index (χ2n) is 9.33. The molecule has 0 bridgehead atoms. The minimum Gasteiger partial charge on any atom is -0.508 e. The molecule has 2 aliphatic rings. The third-order valence-corrected chi connectivity index (χ3v) is 8.08. The van der Waals surface area contributed by atoms with Gasteiger partial charge in [0.15, 0.2) is 0 Å². The molecular weight excluding hydrogens is 549 g/mol. The maximum absolute atomic E-state index is 13.9. The van der Waals surface area contributed by atoms with Crippen LogP contribution in [0.1, 0.15) is 24.2 Å². The van der Waals surface area contributed by atoms with Crippen molar-refractivity contribution in [3.05, 3.63) is 75.3 Å². The summed E-state index contributed by atoms with van der Waals surface area (Å²) < 4.78 is 18.4. The molecule has 200 valence electrons. The number of benzene rings is 2. The number of nitrogens with one attached hydrogen (secondary N) is 1. The van der Waals surface area contributed by atoms with Gasteiger partial charge in [0.2, 0.25) is 0 Å². The number of amides is 3. The lowest BCUT2D eigenvalue weighted by Gasteiger charge is -2.37. The Labute approximate surface area is 229 Å². The number of aliphatic carboxylic acids is 1. The van der Waals surface area contributed by atoms with Crippen LogP contribution in [0.4, 0.5) is 10.1 Å². The van der Waals surface area contributed by atoms with Gasteiger partial charge < -0.3 is 19.9 Å². The molecule has 0 saturated carbocycles. The molecule has 3 amide bonds. The lowest BCUT2D eigenvalue weighted by atomic mass is 9.99. The molecule has 39 heavy (non-hydrogen) atoms. The minimum absolute atomic E-state index is 0.0131. The van der Waals surface area contributed by atoms with Gasteiger partial charge in [0, 0.05) is 15.8 Å². The number of rotatable bonds is 6. The first-order valence-corrected chi connectivity index (χ1v) is 12.7. The van der Waals surface area contributed by atoms with Gasteiger partial charge in [-0.1, -0.05) is 24.0 Å². The van der Waals surface area contributed by atoms with Gasteiger partial charge in [-0.2, -0.15) is 0 Å². The van der Waals surface area contributed by atoms with E-state index in [1.54, 1.807) is 13.8 Å². The third kappa shape index (κ3) is 4.42. The molecule has 0 aliphatic carbocycles. The fraction of sp³-hybridized carbons (Fsp3) is 0.192. The molecule has 2 aliphatic heterocycles. The quantitative estimate of drug-likeness (QED) is 0.294. The zero-order valence-electron chi connectivity index (χ0n) is 20.4. The Kier molecular flexibility index (Phi) is 6.43. The maximum Gasteiger partial charge on any atom is 0.328 e. The van der Waals surface area contributed by atoms with Crippen LogP contribution >= 0.6 is 24.0 Å². The van der Waals surface area contributed by atoms with Crippen molar-refractivity contribution in [2.75, 3.05) is 11.9 Å². The van der Waals surface area contributed by atoms with E-state index in [0.717, 1.165) is 29.0 Å². The van der Waals surface area contributed by atoms with Crippen molar-refractivity contribution in [1.29, 1.82) is 0 Å². The number of halogens is 1. The average molecular weight is 570 g/mol. The molecule has 13 heteroatoms. The number of aromatic hydroxyl groups is 1. The van der Waals surface area contributed by atoms with Crippen molar-refractivity contribution in [3.63, 3.8) is 0 Å². The van der Waals surface area contributed by atoms with E-state index in [9.17, 15) is 33.8 Å². The highest BCUT2D eigenvalue weighted by atomic mass is 32.2. The molecule has 3 N–H and O–H groups in total. The number of carbonyl (C=O) groups excluding carboxylic acids is 3. The molecule has 1 aromatic heterocycles. The summed E-state index contributed by atoms with van der Waals surface area (Å²) in [4.78, 5) is 54.3. The number of nitrogens with zero attached hydrogens (tertiary/aromatic N) is 2. The van der Waals surface area contributed by atoms with Crippen LogP contribution in [0.5, 0.6) is 5.75 Å². The predicted octanol–water partition coefficient (Wildman–Crippen LogP) is 4.08. The Morgan fingerprint density at radius 2 is 1.90 bits per heavy atom. The Bertz CT molecular complexity index is 1670. The highest BCUT2D eigenvalue weighted by molar-refractivity contribution is 8.04. The number of carboxylic acids is 1. The Morgan fingerprint density at radius 3 is 2.56 bits per heavy atom. The SMILES string of the molecule is CC1(C)SC2=C(N(C(=O)CNc3ccc(O)cc3)C(=O)c3coc4ccc(F)cc4c3=S)C(=O)N2C1C(=O)O. The number of carbonyl (C=O) groups is 4. The number of hydrogen-bond donors (Lipinski definition) is 3. The fourth-order valence-electron chi connectivity index (χ4n) is 4.45. The van der Waals surface area contributed by atoms with Crippen LogP contribution in [0.3, 0.4) is 0 Å². The van der Waals surface area contributed by atoms with E-state index in [2.05, 4.69) is 5.32 Å². The van der Waals surface area contributed by atoms with Crippen LogP contribution in [-0.2, 0) is 14.4 Å². The van der Waals surface area contributed by atoms with Gasteiger partial charge in [-0.15, -0.1) is 0 Å². The number of fused-ring (bicyclic) bond motifs is 2. The first-order chi connectivity index (χ1) is 18.4. The van der Waals surface area contributed by atoms with Crippen molar-refractivity contribution >= 4 is 64.3 Å². The Hall–Kier alpha value is -4.23. The van der Waals surface area contributed by atoms with Gasteiger partial charge in [0.25, 0.3) is 17.7 Å². The monoisotopic (exact) mass is 569 g/mol. The molecule has 5 rings (SSSR count). The molecule has 3 heterocycles. The fourth-order valence-corrected chi connectivity index (χ4v) is 6.13. The number of imide groups is 1. The molecule has 10 nitrogen and oxygen atoms in total. The van der Waals surface area contributed by atoms with E-state index in [-0.39, 0.29) is 37.5 Å². The van der Waals surface area contributed by atoms with Crippen molar-refractivity contribution in [3.8, 4) is 5.75 Å². The summed E-state index contributed by atoms with van der Waals surface area (Å²) in [6.07, 6.45) is 1.04. The van der Waals surface area contributed by atoms with Gasteiger partial charge in [-0.25, -0.2) is 14.1 Å². The normalized spacial score (nSPS) is 17.6. The molecule has 1 saturated heterocycles. The summed E-state index contributed by atoms with van der Waals surface area (Å²) in [5.74, 6) is -4.46. The molecule has 0 radical (unpaired) electrons. The number of hydrogen-bond acceptors (Lipinski definition) is 9. The molecule has 1 unspecified atom stereocenters. The van der Waals surface area contributed by atoms with Crippen LogP contribution in [0, 0.1) is 10.3 Å². The number of thioether (sulfide) groups is 1. The van der Waals surface area contributed by atoms with Crippen molar-refractivity contribution < 1.29 is 38.2 Å². The first kappa shape index (κ1) is 26.4. The smallest absolute Gasteiger partial charge is 0.328 e. The molecule has 1 atom stereocenters. The zero-order chi connectivity index (χ0) is 28.2. The summed E-state index contributed by atoms with van der Waals surface area (Å²) >= 11 is 6.48. The van der Waals surface area contributed by atoms with E-state index in [0.29, 0.717) is 10.6 Å². The molecule has 3 aromatic rings. The standard InChI is InChI=1S/C26H20FN3O7S2/c1-26(2)21(25(35)36)30-23(34)19(24(30)39-26)29(18(32)10-28-13-4-6-14(31)7-5-13)22(33)16-11-37-17-8-3-12(27)9-15(17)20(16)38/h3-9,11,21,28,31H,10H2,1-2H3,(H,35,36). The van der Waals surface area contributed by atoms with Crippen molar-refractivity contribution in [1.82, 2.24) is 9.80 Å². The zero-order valence-corrected chi connectivity index (χ0v) is 22.1. The van der Waals surface area contributed by atoms with Crippen LogP contribution in [0.15, 0.2) is 63.9 Å². The van der Waals surface area contributed by atoms with E-state index in [1.165, 1.54) is 36.4 Å². The van der Waals surface area contributed by atoms with Gasteiger partial charge in [-0.05, 0) is 56.3 Å². The lowest BCUT2D eigenvalue weighted by molar-refractivity contribution is -0.150. The summed E-state index contributed by atoms with van der Waals surface area (Å²) in [6, 6.07) is 8.23. The topological polar surface area (TPSA) is 140 Å². The highest BCUT2D eigenvalue weighted by Gasteiger charge is 2.60. The highest BCUT2D eigenvalue weighted by Crippen LogP contribution is 2.54. The largest absolute Gasteiger partial charge is 0.508 e. The summed E-state index contributed by atoms with van der Waals surface area (Å²) in [5, 5.41) is 22.4. The number of carboxylic acid groups (broad SMARTS) is 1. The number of phenolic OH excluding ortho intramolecular Hbond substituents is 1. The first-order valence-electron chi connectivity index (χ1n) is 11.5. The average Bonchev–Trinajstić information content (AvgIpc) is 3.14. The minimum atomic E-state index is -1.23. The Balaban J connectivity index is 1.58. The van der Waals surface area contributed by atoms with Crippen LogP contribution in [0.2, 0.25) is 0 Å². The predicted molar refractivity (Wildman–Crippen MR) is 142 cm³/mol. The van der Waals surface area contributed by atoms with E-state index < -0.39 is 46.8 Å². The van der Waals surface area contributed by atoms with Crippen LogP contribution < -0.4 is 5.32 Å². The van der Waals surface area contributed by atoms with Gasteiger partial charge in [-0.3, -0.25) is 19.3 Å². The van der Waals surface area contributed by atoms with Crippen LogP contribution in [-0.4, -0.2) is 61.0 Å². The second kappa shape index (κ2) is 9.50. The van der Waals surface area contributed by atoms with Gasteiger partial charge in [0.1, 0.15) is 40.2 Å². The van der Waals surface area contributed by atoms with Gasteiger partial charge in [0.05, 0.1) is 16.6 Å². The lowest BCUT2D eigenvalue weighted by Crippen LogP contribution is -2.57. The van der Waals surface area contributed by atoms with E-state index in [4.69, 9.17) is 16.6 Å². The van der Waals surface area contributed by atoms with E-state index >= 15 is 0 Å². The summed E-state index contributed by atoms with van der Waals surface area (Å²) in [5.41, 5.74) is 0.135. The molecule has 0 spiro atoms. The maximum atomic E-state index is 13.9. The molecule has 1 fully saturated rings. The van der Waals surface area contributed by atoms with Crippen molar-refractivity contribution in [2.45, 2.75) is 24.6 Å². The molecular formula is C26H20FN3O7S2. The summed E-state index contributed by atoms with van der Waals surface area (Å²) in [7, 11) is 0. The number of phenols is 1. The number of anilines is 1. The second-order valence-corrected chi connectivity index (χ2v) is 11.4. The Morgan fingerprint density at radius 1 is 1.21 bits per heavy atom. The van der Waals surface area contributed by atoms with E-state index in [1.807, 2.05) is 0 Å². The third-order valence-electron chi connectivity index (χ3n) is 6.31.